The van der Waals surface area contributed by atoms with E-state index in [-0.39, 0.29) is 6.10 Å². The molecule has 19 heavy (non-hydrogen) atoms. The molecular formula is C17H30O2. The lowest BCUT2D eigenvalue weighted by atomic mass is 9.70. The Bertz CT molecular complexity index is 332. The zero-order valence-electron chi connectivity index (χ0n) is 13.1. The fourth-order valence-electron chi connectivity index (χ4n) is 4.82. The van der Waals surface area contributed by atoms with Crippen LogP contribution in [-0.2, 0) is 9.47 Å². The largest absolute Gasteiger partial charge is 0.376 e. The maximum Gasteiger partial charge on any atom is 0.0834 e. The fraction of sp³-hybridized carbons (Fsp3) is 1.00. The lowest BCUT2D eigenvalue weighted by Crippen LogP contribution is -2.42. The minimum absolute atomic E-state index is 0.261. The van der Waals surface area contributed by atoms with E-state index in [1.165, 1.54) is 38.5 Å². The van der Waals surface area contributed by atoms with E-state index in [2.05, 4.69) is 27.7 Å². The molecule has 2 heteroatoms. The van der Waals surface area contributed by atoms with Crippen molar-refractivity contribution in [2.24, 2.45) is 16.7 Å². The predicted molar refractivity (Wildman–Crippen MR) is 77.2 cm³/mol. The van der Waals surface area contributed by atoms with Gasteiger partial charge in [0.05, 0.1) is 18.3 Å². The molecule has 0 amide bonds. The van der Waals surface area contributed by atoms with Gasteiger partial charge in [0.1, 0.15) is 0 Å². The second-order valence-corrected chi connectivity index (χ2v) is 7.85. The molecule has 0 radical (unpaired) electrons. The molecule has 5 atom stereocenters. The van der Waals surface area contributed by atoms with Crippen molar-refractivity contribution >= 4 is 0 Å². The minimum atomic E-state index is 0.261. The maximum atomic E-state index is 6.50. The van der Waals surface area contributed by atoms with Crippen molar-refractivity contribution in [3.63, 3.8) is 0 Å². The van der Waals surface area contributed by atoms with E-state index in [9.17, 15) is 0 Å². The van der Waals surface area contributed by atoms with Crippen LogP contribution in [-0.4, -0.2) is 24.9 Å². The van der Waals surface area contributed by atoms with Crippen molar-refractivity contribution in [2.45, 2.75) is 84.5 Å². The summed E-state index contributed by atoms with van der Waals surface area (Å²) in [5, 5.41) is 0. The lowest BCUT2D eigenvalue weighted by molar-refractivity contribution is -0.141. The summed E-state index contributed by atoms with van der Waals surface area (Å²) in [6.45, 7) is 10.5. The van der Waals surface area contributed by atoms with Gasteiger partial charge in [0.25, 0.3) is 0 Å². The van der Waals surface area contributed by atoms with E-state index < -0.39 is 0 Å². The number of hydrogen-bond acceptors (Lipinski definition) is 2. The van der Waals surface area contributed by atoms with E-state index in [4.69, 9.17) is 9.47 Å². The van der Waals surface area contributed by atoms with Crippen LogP contribution in [0.15, 0.2) is 0 Å². The summed E-state index contributed by atoms with van der Waals surface area (Å²) in [7, 11) is 0. The van der Waals surface area contributed by atoms with Crippen LogP contribution < -0.4 is 0 Å². The van der Waals surface area contributed by atoms with Gasteiger partial charge in [-0.3, -0.25) is 0 Å². The molecule has 2 nitrogen and oxygen atoms in total. The number of rotatable bonds is 3. The third-order valence-electron chi connectivity index (χ3n) is 6.83. The highest BCUT2D eigenvalue weighted by Gasteiger charge is 2.62. The number of fused-ring (bicyclic) bond motifs is 2. The zero-order valence-corrected chi connectivity index (χ0v) is 13.1. The Kier molecular flexibility index (Phi) is 3.46. The van der Waals surface area contributed by atoms with Gasteiger partial charge in [-0.2, -0.15) is 0 Å². The first-order valence-electron chi connectivity index (χ1n) is 8.22. The Morgan fingerprint density at radius 2 is 1.95 bits per heavy atom. The molecular weight excluding hydrogens is 236 g/mol. The van der Waals surface area contributed by atoms with Crippen LogP contribution in [0.25, 0.3) is 0 Å². The summed E-state index contributed by atoms with van der Waals surface area (Å²) in [6.07, 6.45) is 8.75. The molecule has 3 aliphatic rings. The summed E-state index contributed by atoms with van der Waals surface area (Å²) >= 11 is 0. The van der Waals surface area contributed by atoms with Crippen molar-refractivity contribution in [1.29, 1.82) is 0 Å². The van der Waals surface area contributed by atoms with Crippen LogP contribution in [0.3, 0.4) is 0 Å². The predicted octanol–water partition coefficient (Wildman–Crippen LogP) is 4.18. The molecule has 2 bridgehead atoms. The number of ether oxygens (including phenoxy) is 2. The van der Waals surface area contributed by atoms with Crippen LogP contribution in [0.4, 0.5) is 0 Å². The lowest BCUT2D eigenvalue weighted by Gasteiger charge is -2.41. The van der Waals surface area contributed by atoms with Crippen molar-refractivity contribution < 1.29 is 9.47 Å². The molecule has 0 aromatic carbocycles. The van der Waals surface area contributed by atoms with Gasteiger partial charge in [0, 0.05) is 6.61 Å². The first-order chi connectivity index (χ1) is 8.95. The van der Waals surface area contributed by atoms with Gasteiger partial charge in [0.15, 0.2) is 0 Å². The molecule has 1 aliphatic heterocycles. The fourth-order valence-corrected chi connectivity index (χ4v) is 4.82. The molecule has 2 saturated carbocycles. The molecule has 1 heterocycles. The molecule has 5 unspecified atom stereocenters. The average Bonchev–Trinajstić information content (AvgIpc) is 2.73. The first kappa shape index (κ1) is 13.9. The highest BCUT2D eigenvalue weighted by Crippen LogP contribution is 2.66. The van der Waals surface area contributed by atoms with Gasteiger partial charge < -0.3 is 9.47 Å². The topological polar surface area (TPSA) is 18.5 Å². The highest BCUT2D eigenvalue weighted by atomic mass is 16.5. The van der Waals surface area contributed by atoms with Crippen LogP contribution in [0.1, 0.15) is 66.2 Å². The van der Waals surface area contributed by atoms with Crippen molar-refractivity contribution in [3.05, 3.63) is 0 Å². The Balaban J connectivity index is 1.65. The Hall–Kier alpha value is -0.0800. The highest BCUT2D eigenvalue weighted by molar-refractivity contribution is 5.11. The SMILES string of the molecule is CC(OC1CC2CCC1(C)C2(C)C)C1CCCCO1. The third kappa shape index (κ3) is 2.06. The monoisotopic (exact) mass is 266 g/mol. The maximum absolute atomic E-state index is 6.50. The molecule has 2 aliphatic carbocycles. The van der Waals surface area contributed by atoms with Gasteiger partial charge >= 0.3 is 0 Å². The van der Waals surface area contributed by atoms with E-state index in [0.29, 0.717) is 23.0 Å². The quantitative estimate of drug-likeness (QED) is 0.763. The van der Waals surface area contributed by atoms with Gasteiger partial charge in [-0.15, -0.1) is 0 Å². The van der Waals surface area contributed by atoms with E-state index in [1.807, 2.05) is 0 Å². The van der Waals surface area contributed by atoms with E-state index in [0.717, 1.165) is 12.5 Å². The smallest absolute Gasteiger partial charge is 0.0834 e. The average molecular weight is 266 g/mol. The van der Waals surface area contributed by atoms with Crippen molar-refractivity contribution in [2.75, 3.05) is 6.61 Å². The molecule has 110 valence electrons. The summed E-state index contributed by atoms with van der Waals surface area (Å²) in [4.78, 5) is 0. The van der Waals surface area contributed by atoms with Crippen LogP contribution in [0.5, 0.6) is 0 Å². The second-order valence-electron chi connectivity index (χ2n) is 7.85. The van der Waals surface area contributed by atoms with Gasteiger partial charge in [-0.1, -0.05) is 20.8 Å². The normalized spacial score (nSPS) is 46.4. The van der Waals surface area contributed by atoms with E-state index in [1.54, 1.807) is 0 Å². The molecule has 3 rings (SSSR count). The number of hydrogen-bond donors (Lipinski definition) is 0. The van der Waals surface area contributed by atoms with Gasteiger partial charge in [-0.25, -0.2) is 0 Å². The Labute approximate surface area is 118 Å². The third-order valence-corrected chi connectivity index (χ3v) is 6.83. The second kappa shape index (κ2) is 4.73. The first-order valence-corrected chi connectivity index (χ1v) is 8.22. The van der Waals surface area contributed by atoms with Crippen LogP contribution in [0.2, 0.25) is 0 Å². The van der Waals surface area contributed by atoms with Gasteiger partial charge in [0.2, 0.25) is 0 Å². The summed E-state index contributed by atoms with van der Waals surface area (Å²) in [6, 6.07) is 0. The van der Waals surface area contributed by atoms with Crippen LogP contribution >= 0.6 is 0 Å². The molecule has 0 aromatic heterocycles. The van der Waals surface area contributed by atoms with Crippen molar-refractivity contribution in [1.82, 2.24) is 0 Å². The zero-order chi connectivity index (χ0) is 13.7. The Morgan fingerprint density at radius 1 is 1.16 bits per heavy atom. The Morgan fingerprint density at radius 3 is 2.47 bits per heavy atom. The minimum Gasteiger partial charge on any atom is -0.376 e. The van der Waals surface area contributed by atoms with Gasteiger partial charge in [-0.05, 0) is 62.2 Å². The molecule has 3 fully saturated rings. The van der Waals surface area contributed by atoms with Crippen LogP contribution in [0, 0.1) is 16.7 Å². The summed E-state index contributed by atoms with van der Waals surface area (Å²) in [5.74, 6) is 0.863. The molecule has 0 N–H and O–H groups in total. The van der Waals surface area contributed by atoms with E-state index >= 15 is 0 Å². The standard InChI is InChI=1S/C17H30O2/c1-12(14-7-5-6-10-18-14)19-15-11-13-8-9-17(15,4)16(13,2)3/h12-15H,5-11H2,1-4H3. The van der Waals surface area contributed by atoms with Crippen molar-refractivity contribution in [3.8, 4) is 0 Å². The molecule has 0 spiro atoms. The summed E-state index contributed by atoms with van der Waals surface area (Å²) < 4.78 is 12.4. The summed E-state index contributed by atoms with van der Waals surface area (Å²) in [5.41, 5.74) is 0.825. The molecule has 1 saturated heterocycles. The molecule has 0 aromatic rings.